The topological polar surface area (TPSA) is 81.2 Å². The Labute approximate surface area is 197 Å². The fraction of sp³-hybridized carbons (Fsp3) is 0.375. The van der Waals surface area contributed by atoms with Crippen molar-refractivity contribution >= 4 is 38.6 Å². The molecular formula is C24H29N3O5S. The first-order valence-electron chi connectivity index (χ1n) is 10.7. The Hall–Kier alpha value is -3.17. The van der Waals surface area contributed by atoms with Crippen molar-refractivity contribution in [2.75, 3.05) is 52.4 Å². The van der Waals surface area contributed by atoms with Gasteiger partial charge in [-0.05, 0) is 49.5 Å². The molecule has 0 spiro atoms. The Morgan fingerprint density at radius 3 is 2.06 bits per heavy atom. The van der Waals surface area contributed by atoms with Gasteiger partial charge in [0.2, 0.25) is 0 Å². The standard InChI is InChI=1S/C24H29N3O5S/c1-6-26(7-2)14-15-27(22(28)16-8-10-17(11-9-16)23(29)32-5)24-25-20-18(30-3)12-13-19(31-4)21(20)33-24/h8-13H,6-7,14-15H2,1-5H3. The Balaban J connectivity index is 2.02. The van der Waals surface area contributed by atoms with Crippen LogP contribution in [0.15, 0.2) is 36.4 Å². The third-order valence-electron chi connectivity index (χ3n) is 5.46. The highest BCUT2D eigenvalue weighted by atomic mass is 32.1. The number of amides is 1. The molecule has 33 heavy (non-hydrogen) atoms. The summed E-state index contributed by atoms with van der Waals surface area (Å²) in [5, 5.41) is 0.557. The van der Waals surface area contributed by atoms with Crippen molar-refractivity contribution in [3.63, 3.8) is 0 Å². The van der Waals surface area contributed by atoms with Crippen molar-refractivity contribution in [2.24, 2.45) is 0 Å². The molecule has 0 radical (unpaired) electrons. The predicted octanol–water partition coefficient (Wildman–Crippen LogP) is 4.09. The van der Waals surface area contributed by atoms with Crippen molar-refractivity contribution in [1.29, 1.82) is 0 Å². The van der Waals surface area contributed by atoms with E-state index in [0.717, 1.165) is 17.8 Å². The van der Waals surface area contributed by atoms with Gasteiger partial charge in [-0.1, -0.05) is 25.2 Å². The molecule has 0 saturated carbocycles. The van der Waals surface area contributed by atoms with Crippen molar-refractivity contribution in [3.8, 4) is 11.5 Å². The summed E-state index contributed by atoms with van der Waals surface area (Å²) in [6, 6.07) is 10.1. The fourth-order valence-electron chi connectivity index (χ4n) is 3.48. The zero-order valence-electron chi connectivity index (χ0n) is 19.6. The van der Waals surface area contributed by atoms with Crippen LogP contribution in [0, 0.1) is 0 Å². The SMILES string of the molecule is CCN(CC)CCN(C(=O)c1ccc(C(=O)OC)cc1)c1nc2c(OC)ccc(OC)c2s1. The summed E-state index contributed by atoms with van der Waals surface area (Å²) in [6.07, 6.45) is 0. The van der Waals surface area contributed by atoms with Crippen LogP contribution in [-0.2, 0) is 4.74 Å². The second-order valence-electron chi connectivity index (χ2n) is 7.20. The lowest BCUT2D eigenvalue weighted by molar-refractivity contribution is 0.0600. The number of likely N-dealkylation sites (N-methyl/N-ethyl adjacent to an activating group) is 1. The van der Waals surface area contributed by atoms with Gasteiger partial charge in [-0.25, -0.2) is 9.78 Å². The molecule has 3 aromatic rings. The lowest BCUT2D eigenvalue weighted by Gasteiger charge is -2.24. The maximum Gasteiger partial charge on any atom is 0.337 e. The van der Waals surface area contributed by atoms with E-state index in [1.807, 2.05) is 6.07 Å². The molecule has 0 fully saturated rings. The lowest BCUT2D eigenvalue weighted by Crippen LogP contribution is -2.38. The van der Waals surface area contributed by atoms with Crippen LogP contribution in [0.25, 0.3) is 10.2 Å². The number of anilines is 1. The van der Waals surface area contributed by atoms with Crippen LogP contribution in [0.4, 0.5) is 5.13 Å². The number of methoxy groups -OCH3 is 3. The number of benzene rings is 2. The third kappa shape index (κ3) is 5.26. The van der Waals surface area contributed by atoms with Crippen LogP contribution in [0.3, 0.4) is 0 Å². The second-order valence-corrected chi connectivity index (χ2v) is 8.17. The van der Waals surface area contributed by atoms with Gasteiger partial charge in [0.05, 0.1) is 26.9 Å². The molecule has 0 saturated heterocycles. The molecule has 8 nitrogen and oxygen atoms in total. The molecular weight excluding hydrogens is 442 g/mol. The number of thiazole rings is 1. The second kappa shape index (κ2) is 11.1. The molecule has 1 amide bonds. The molecule has 0 unspecified atom stereocenters. The summed E-state index contributed by atoms with van der Waals surface area (Å²) >= 11 is 1.38. The maximum atomic E-state index is 13.6. The van der Waals surface area contributed by atoms with E-state index in [9.17, 15) is 9.59 Å². The molecule has 0 aliphatic carbocycles. The molecule has 0 N–H and O–H groups in total. The zero-order chi connectivity index (χ0) is 24.0. The summed E-state index contributed by atoms with van der Waals surface area (Å²) in [4.78, 5) is 34.0. The largest absolute Gasteiger partial charge is 0.495 e. The zero-order valence-corrected chi connectivity index (χ0v) is 20.4. The molecule has 176 valence electrons. The summed E-state index contributed by atoms with van der Waals surface area (Å²) < 4.78 is 16.5. The van der Waals surface area contributed by atoms with E-state index in [1.54, 1.807) is 49.5 Å². The van der Waals surface area contributed by atoms with E-state index < -0.39 is 5.97 Å². The van der Waals surface area contributed by atoms with Crippen LogP contribution in [-0.4, -0.2) is 69.3 Å². The van der Waals surface area contributed by atoms with Gasteiger partial charge in [0, 0.05) is 18.7 Å². The normalized spacial score (nSPS) is 11.0. The minimum absolute atomic E-state index is 0.199. The highest BCUT2D eigenvalue weighted by Gasteiger charge is 2.24. The molecule has 1 aromatic heterocycles. The Kier molecular flexibility index (Phi) is 8.24. The Morgan fingerprint density at radius 1 is 0.879 bits per heavy atom. The Bertz CT molecular complexity index is 1070. The molecule has 9 heteroatoms. The van der Waals surface area contributed by atoms with Gasteiger partial charge in [0.15, 0.2) is 5.13 Å². The maximum absolute atomic E-state index is 13.6. The number of hydrogen-bond acceptors (Lipinski definition) is 8. The van der Waals surface area contributed by atoms with Crippen LogP contribution in [0.2, 0.25) is 0 Å². The number of fused-ring (bicyclic) bond motifs is 1. The molecule has 1 heterocycles. The average Bonchev–Trinajstić information content (AvgIpc) is 3.30. The molecule has 0 atom stereocenters. The summed E-state index contributed by atoms with van der Waals surface area (Å²) in [7, 11) is 4.52. The number of carbonyl (C=O) groups excluding carboxylic acids is 2. The van der Waals surface area contributed by atoms with Gasteiger partial charge in [-0.3, -0.25) is 9.69 Å². The smallest absolute Gasteiger partial charge is 0.337 e. The molecule has 0 aliphatic heterocycles. The number of esters is 1. The van der Waals surface area contributed by atoms with Crippen molar-refractivity contribution in [3.05, 3.63) is 47.5 Å². The van der Waals surface area contributed by atoms with Crippen LogP contribution in [0.1, 0.15) is 34.6 Å². The first-order valence-corrected chi connectivity index (χ1v) is 11.5. The predicted molar refractivity (Wildman–Crippen MR) is 130 cm³/mol. The van der Waals surface area contributed by atoms with Gasteiger partial charge in [0.25, 0.3) is 5.91 Å². The van der Waals surface area contributed by atoms with Crippen molar-refractivity contribution < 1.29 is 23.8 Å². The van der Waals surface area contributed by atoms with Crippen molar-refractivity contribution in [1.82, 2.24) is 9.88 Å². The summed E-state index contributed by atoms with van der Waals surface area (Å²) in [5.41, 5.74) is 1.50. The van der Waals surface area contributed by atoms with E-state index >= 15 is 0 Å². The van der Waals surface area contributed by atoms with Crippen molar-refractivity contribution in [2.45, 2.75) is 13.8 Å². The van der Waals surface area contributed by atoms with Gasteiger partial charge in [-0.15, -0.1) is 0 Å². The first kappa shape index (κ1) is 24.5. The average molecular weight is 472 g/mol. The summed E-state index contributed by atoms with van der Waals surface area (Å²) in [5.74, 6) is 0.647. The molecule has 2 aromatic carbocycles. The van der Waals surface area contributed by atoms with Gasteiger partial charge < -0.3 is 19.1 Å². The quantitative estimate of drug-likeness (QED) is 0.412. The number of nitrogens with zero attached hydrogens (tertiary/aromatic N) is 3. The molecule has 3 rings (SSSR count). The monoisotopic (exact) mass is 471 g/mol. The fourth-order valence-corrected chi connectivity index (χ4v) is 4.58. The number of carbonyl (C=O) groups is 2. The van der Waals surface area contributed by atoms with E-state index in [4.69, 9.17) is 19.2 Å². The Morgan fingerprint density at radius 2 is 1.48 bits per heavy atom. The first-order chi connectivity index (χ1) is 16.0. The van der Waals surface area contributed by atoms with Crippen LogP contribution < -0.4 is 14.4 Å². The van der Waals surface area contributed by atoms with Gasteiger partial charge in [0.1, 0.15) is 21.7 Å². The highest BCUT2D eigenvalue weighted by Crippen LogP contribution is 2.40. The van der Waals surface area contributed by atoms with Gasteiger partial charge >= 0.3 is 5.97 Å². The van der Waals surface area contributed by atoms with Gasteiger partial charge in [-0.2, -0.15) is 0 Å². The van der Waals surface area contributed by atoms with E-state index in [2.05, 4.69) is 18.7 Å². The number of hydrogen-bond donors (Lipinski definition) is 0. The number of ether oxygens (including phenoxy) is 3. The minimum Gasteiger partial charge on any atom is -0.495 e. The molecule has 0 bridgehead atoms. The highest BCUT2D eigenvalue weighted by molar-refractivity contribution is 7.22. The minimum atomic E-state index is -0.447. The molecule has 0 aliphatic rings. The summed E-state index contributed by atoms with van der Waals surface area (Å²) in [6.45, 7) is 7.11. The number of aromatic nitrogens is 1. The van der Waals surface area contributed by atoms with E-state index in [-0.39, 0.29) is 5.91 Å². The van der Waals surface area contributed by atoms with E-state index in [1.165, 1.54) is 18.4 Å². The third-order valence-corrected chi connectivity index (χ3v) is 6.56. The van der Waals surface area contributed by atoms with E-state index in [0.29, 0.717) is 46.4 Å². The van der Waals surface area contributed by atoms with Crippen LogP contribution in [0.5, 0.6) is 11.5 Å². The van der Waals surface area contributed by atoms with Crippen LogP contribution >= 0.6 is 11.3 Å². The lowest BCUT2D eigenvalue weighted by atomic mass is 10.1. The number of rotatable bonds is 10.